The molecule has 0 unspecified atom stereocenters. The molecule has 0 saturated heterocycles. The lowest BCUT2D eigenvalue weighted by Crippen LogP contribution is -1.99. The van der Waals surface area contributed by atoms with Crippen molar-refractivity contribution in [3.8, 4) is 51.0 Å². The maximum absolute atomic E-state index is 5.02. The number of hydrogen-bond donors (Lipinski definition) is 0. The Kier molecular flexibility index (Phi) is 7.24. The summed E-state index contributed by atoms with van der Waals surface area (Å²) in [5.41, 5.74) is 8.97. The van der Waals surface area contributed by atoms with E-state index in [9.17, 15) is 0 Å². The Labute approximate surface area is 335 Å². The van der Waals surface area contributed by atoms with Crippen LogP contribution in [0.1, 0.15) is 0 Å². The van der Waals surface area contributed by atoms with Crippen LogP contribution in [0.2, 0.25) is 0 Å². The van der Waals surface area contributed by atoms with Crippen molar-refractivity contribution in [3.63, 3.8) is 0 Å². The van der Waals surface area contributed by atoms with Crippen molar-refractivity contribution in [2.45, 2.75) is 0 Å². The smallest absolute Gasteiger partial charge is 0.164 e. The van der Waals surface area contributed by atoms with E-state index in [0.717, 1.165) is 16.7 Å². The van der Waals surface area contributed by atoms with E-state index in [4.69, 9.17) is 15.0 Å². The van der Waals surface area contributed by atoms with Crippen LogP contribution >= 0.6 is 22.7 Å². The summed E-state index contributed by atoms with van der Waals surface area (Å²) in [7, 11) is 0. The zero-order valence-electron chi connectivity index (χ0n) is 30.4. The van der Waals surface area contributed by atoms with Crippen molar-refractivity contribution in [2.75, 3.05) is 0 Å². The molecule has 0 atom stereocenters. The fraction of sp³-hybridized carbons (Fsp3) is 0. The summed E-state index contributed by atoms with van der Waals surface area (Å²) in [4.78, 5) is 14.9. The highest BCUT2D eigenvalue weighted by atomic mass is 32.1. The van der Waals surface area contributed by atoms with Gasteiger partial charge in [0.2, 0.25) is 0 Å². The maximum Gasteiger partial charge on any atom is 0.164 e. The first kappa shape index (κ1) is 32.3. The Hall–Kier alpha value is -6.99. The molecule has 0 bridgehead atoms. The van der Waals surface area contributed by atoms with Crippen molar-refractivity contribution in [1.82, 2.24) is 19.5 Å². The Bertz CT molecular complexity index is 3450. The lowest BCUT2D eigenvalue weighted by Gasteiger charge is -2.09. The quantitative estimate of drug-likeness (QED) is 0.175. The molecule has 0 radical (unpaired) electrons. The van der Waals surface area contributed by atoms with Gasteiger partial charge in [0.25, 0.3) is 0 Å². The van der Waals surface area contributed by atoms with Gasteiger partial charge in [-0.3, -0.25) is 0 Å². The van der Waals surface area contributed by atoms with Gasteiger partial charge in [0, 0.05) is 73.5 Å². The second-order valence-corrected chi connectivity index (χ2v) is 16.5. The molecule has 4 nitrogen and oxygen atoms in total. The Morgan fingerprint density at radius 2 is 1.00 bits per heavy atom. The van der Waals surface area contributed by atoms with E-state index in [1.807, 2.05) is 83.3 Å². The third kappa shape index (κ3) is 5.15. The minimum Gasteiger partial charge on any atom is -0.309 e. The zero-order valence-corrected chi connectivity index (χ0v) is 32.1. The predicted molar refractivity (Wildman–Crippen MR) is 242 cm³/mol. The van der Waals surface area contributed by atoms with Gasteiger partial charge in [-0.05, 0) is 53.6 Å². The van der Waals surface area contributed by atoms with Gasteiger partial charge in [-0.2, -0.15) is 0 Å². The topological polar surface area (TPSA) is 43.6 Å². The van der Waals surface area contributed by atoms with Gasteiger partial charge < -0.3 is 4.57 Å². The molecular formula is C51H30N4S2. The minimum atomic E-state index is 0.662. The first-order valence-electron chi connectivity index (χ1n) is 19.0. The number of para-hydroxylation sites is 1. The van der Waals surface area contributed by atoms with E-state index in [0.29, 0.717) is 17.5 Å². The monoisotopic (exact) mass is 762 g/mol. The van der Waals surface area contributed by atoms with Gasteiger partial charge in [0.05, 0.1) is 11.0 Å². The molecule has 0 aliphatic heterocycles. The largest absolute Gasteiger partial charge is 0.309 e. The Morgan fingerprint density at radius 1 is 0.368 bits per heavy atom. The first-order valence-corrected chi connectivity index (χ1v) is 20.7. The normalized spacial score (nSPS) is 11.9. The van der Waals surface area contributed by atoms with E-state index in [1.165, 1.54) is 79.0 Å². The number of thiophene rings is 2. The summed E-state index contributed by atoms with van der Waals surface area (Å²) < 4.78 is 7.56. The molecule has 0 spiro atoms. The summed E-state index contributed by atoms with van der Waals surface area (Å²) in [6.45, 7) is 0. The van der Waals surface area contributed by atoms with Crippen molar-refractivity contribution in [2.24, 2.45) is 0 Å². The van der Waals surface area contributed by atoms with Crippen LogP contribution < -0.4 is 0 Å². The molecule has 266 valence electrons. The van der Waals surface area contributed by atoms with Crippen molar-refractivity contribution >= 4 is 84.8 Å². The molecule has 4 aromatic heterocycles. The van der Waals surface area contributed by atoms with Gasteiger partial charge in [0.15, 0.2) is 17.5 Å². The van der Waals surface area contributed by atoms with Crippen molar-refractivity contribution < 1.29 is 0 Å². The first-order chi connectivity index (χ1) is 28.2. The van der Waals surface area contributed by atoms with Gasteiger partial charge in [-0.15, -0.1) is 22.7 Å². The summed E-state index contributed by atoms with van der Waals surface area (Å²) in [5.74, 6) is 1.99. The molecule has 12 rings (SSSR count). The summed E-state index contributed by atoms with van der Waals surface area (Å²) in [5, 5.41) is 7.63. The van der Waals surface area contributed by atoms with Gasteiger partial charge in [0.1, 0.15) is 0 Å². The highest BCUT2D eigenvalue weighted by Crippen LogP contribution is 2.46. The summed E-state index contributed by atoms with van der Waals surface area (Å²) in [6, 6.07) is 64.9. The molecule has 0 saturated carbocycles. The van der Waals surface area contributed by atoms with Gasteiger partial charge in [-0.25, -0.2) is 15.0 Å². The second-order valence-electron chi connectivity index (χ2n) is 14.4. The van der Waals surface area contributed by atoms with E-state index in [-0.39, 0.29) is 0 Å². The summed E-state index contributed by atoms with van der Waals surface area (Å²) in [6.07, 6.45) is 0. The fourth-order valence-corrected chi connectivity index (χ4v) is 10.8. The standard InChI is InChI=1S/C51H30N4S2/c1-4-13-31(14-5-1)49-52-50(32-15-6-2-7-16-32)54-51(53-49)34-23-25-37-39-21-12-20-36(48(39)57-45(37)30-34)33-24-27-42-41(29-33)38-26-28-44-46(40-19-10-11-22-43(40)56-44)47(38)55(42)35-17-8-3-9-18-35/h1-30H. The fourth-order valence-electron chi connectivity index (χ4n) is 8.43. The predicted octanol–water partition coefficient (Wildman–Crippen LogP) is 14.4. The third-order valence-electron chi connectivity index (χ3n) is 11.0. The molecule has 0 aliphatic rings. The highest BCUT2D eigenvalue weighted by Gasteiger charge is 2.20. The zero-order chi connectivity index (χ0) is 37.5. The van der Waals surface area contributed by atoms with Crippen LogP contribution in [0, 0.1) is 0 Å². The molecule has 8 aromatic carbocycles. The minimum absolute atomic E-state index is 0.662. The lowest BCUT2D eigenvalue weighted by molar-refractivity contribution is 1.07. The highest BCUT2D eigenvalue weighted by molar-refractivity contribution is 7.26. The number of aromatic nitrogens is 4. The van der Waals surface area contributed by atoms with Crippen LogP contribution in [-0.4, -0.2) is 19.5 Å². The maximum atomic E-state index is 5.02. The van der Waals surface area contributed by atoms with Crippen LogP contribution in [0.4, 0.5) is 0 Å². The van der Waals surface area contributed by atoms with E-state index in [2.05, 4.69) is 126 Å². The van der Waals surface area contributed by atoms with Gasteiger partial charge in [-0.1, -0.05) is 140 Å². The SMILES string of the molecule is c1ccc(-c2nc(-c3ccccc3)nc(-c3ccc4c(c3)sc3c(-c5ccc6c(c5)c5ccc7sc8ccccc8c7c5n6-c5ccccc5)cccc34)n2)cc1. The number of fused-ring (bicyclic) bond motifs is 10. The number of hydrogen-bond acceptors (Lipinski definition) is 5. The molecule has 0 aliphatic carbocycles. The van der Waals surface area contributed by atoms with Crippen LogP contribution in [0.5, 0.6) is 0 Å². The van der Waals surface area contributed by atoms with Crippen LogP contribution in [-0.2, 0) is 0 Å². The van der Waals surface area contributed by atoms with E-state index < -0.39 is 0 Å². The van der Waals surface area contributed by atoms with Gasteiger partial charge >= 0.3 is 0 Å². The average Bonchev–Trinajstić information content (AvgIpc) is 3.96. The van der Waals surface area contributed by atoms with Crippen LogP contribution in [0.3, 0.4) is 0 Å². The number of rotatable bonds is 5. The summed E-state index contributed by atoms with van der Waals surface area (Å²) >= 11 is 3.70. The second kappa shape index (κ2) is 12.8. The van der Waals surface area contributed by atoms with E-state index in [1.54, 1.807) is 0 Å². The van der Waals surface area contributed by atoms with E-state index >= 15 is 0 Å². The molecule has 0 fully saturated rings. The molecule has 12 aromatic rings. The average molecular weight is 763 g/mol. The number of benzene rings is 8. The molecule has 57 heavy (non-hydrogen) atoms. The lowest BCUT2D eigenvalue weighted by atomic mass is 10.00. The van der Waals surface area contributed by atoms with Crippen LogP contribution in [0.15, 0.2) is 182 Å². The Balaban J connectivity index is 1.04. The third-order valence-corrected chi connectivity index (χ3v) is 13.4. The molecule has 6 heteroatoms. The number of nitrogens with zero attached hydrogens (tertiary/aromatic N) is 4. The molecule has 0 N–H and O–H groups in total. The Morgan fingerprint density at radius 3 is 1.75 bits per heavy atom. The van der Waals surface area contributed by atoms with Crippen molar-refractivity contribution in [3.05, 3.63) is 182 Å². The molecule has 0 amide bonds. The molecular weight excluding hydrogens is 733 g/mol. The molecule has 4 heterocycles. The van der Waals surface area contributed by atoms with Crippen LogP contribution in [0.25, 0.3) is 113 Å². The van der Waals surface area contributed by atoms with Crippen molar-refractivity contribution in [1.29, 1.82) is 0 Å².